The lowest BCUT2D eigenvalue weighted by atomic mass is 10.3. The van der Waals surface area contributed by atoms with Crippen LogP contribution in [0, 0.1) is 6.92 Å². The summed E-state index contributed by atoms with van der Waals surface area (Å²) < 4.78 is 5.62. The molecule has 1 atom stereocenters. The quantitative estimate of drug-likeness (QED) is 0.712. The van der Waals surface area contributed by atoms with Crippen LogP contribution in [0.2, 0.25) is 0 Å². The molecule has 0 spiro atoms. The Morgan fingerprint density at radius 3 is 3.06 bits per heavy atom. The van der Waals surface area contributed by atoms with Crippen molar-refractivity contribution in [3.05, 3.63) is 5.82 Å². The van der Waals surface area contributed by atoms with Crippen LogP contribution in [0.1, 0.15) is 12.7 Å². The van der Waals surface area contributed by atoms with Gasteiger partial charge in [-0.3, -0.25) is 5.10 Å². The third-order valence-electron chi connectivity index (χ3n) is 2.94. The molecule has 1 aliphatic rings. The van der Waals surface area contributed by atoms with E-state index >= 15 is 0 Å². The number of nitrogens with zero attached hydrogens (tertiary/aromatic N) is 4. The molecule has 0 radical (unpaired) electrons. The largest absolute Gasteiger partial charge is 0.474 e. The summed E-state index contributed by atoms with van der Waals surface area (Å²) in [6, 6.07) is 0.270. The number of H-pyrrole nitrogens is 1. The van der Waals surface area contributed by atoms with E-state index in [-0.39, 0.29) is 6.04 Å². The molecule has 0 saturated heterocycles. The first kappa shape index (κ1) is 9.38. The van der Waals surface area contributed by atoms with E-state index in [9.17, 15) is 0 Å². The second-order valence-corrected chi connectivity index (χ2v) is 4.12. The molecule has 2 aromatic heterocycles. The number of aromatic nitrogens is 4. The summed E-state index contributed by atoms with van der Waals surface area (Å²) >= 11 is 0. The van der Waals surface area contributed by atoms with E-state index in [0.29, 0.717) is 12.5 Å². The van der Waals surface area contributed by atoms with Crippen molar-refractivity contribution >= 4 is 16.9 Å². The van der Waals surface area contributed by atoms with Gasteiger partial charge in [0.2, 0.25) is 5.88 Å². The van der Waals surface area contributed by atoms with E-state index in [1.807, 2.05) is 14.0 Å². The normalized spacial score (nSPS) is 19.7. The zero-order chi connectivity index (χ0) is 11.3. The first-order valence-electron chi connectivity index (χ1n) is 5.25. The average molecular weight is 219 g/mol. The van der Waals surface area contributed by atoms with Gasteiger partial charge in [-0.15, -0.1) is 5.10 Å². The van der Waals surface area contributed by atoms with Crippen LogP contribution >= 0.6 is 0 Å². The van der Waals surface area contributed by atoms with Gasteiger partial charge in [0.1, 0.15) is 23.6 Å². The van der Waals surface area contributed by atoms with Crippen molar-refractivity contribution in [2.75, 3.05) is 18.6 Å². The topological polar surface area (TPSA) is 66.9 Å². The maximum Gasteiger partial charge on any atom is 0.246 e. The van der Waals surface area contributed by atoms with E-state index in [2.05, 4.69) is 32.0 Å². The van der Waals surface area contributed by atoms with Gasteiger partial charge in [-0.05, 0) is 13.8 Å². The van der Waals surface area contributed by atoms with Gasteiger partial charge >= 0.3 is 0 Å². The molecule has 84 valence electrons. The molecule has 6 nitrogen and oxygen atoms in total. The lowest BCUT2D eigenvalue weighted by Crippen LogP contribution is -2.33. The summed E-state index contributed by atoms with van der Waals surface area (Å²) in [4.78, 5) is 10.9. The highest BCUT2D eigenvalue weighted by Crippen LogP contribution is 2.33. The summed E-state index contributed by atoms with van der Waals surface area (Å²) in [5.41, 5.74) is 0.735. The summed E-state index contributed by atoms with van der Waals surface area (Å²) in [5.74, 6) is 2.22. The van der Waals surface area contributed by atoms with E-state index in [4.69, 9.17) is 4.74 Å². The van der Waals surface area contributed by atoms with Gasteiger partial charge in [0.25, 0.3) is 0 Å². The molecule has 0 fully saturated rings. The molecule has 3 heterocycles. The molecule has 0 saturated carbocycles. The summed E-state index contributed by atoms with van der Waals surface area (Å²) in [6.07, 6.45) is 0. The summed E-state index contributed by atoms with van der Waals surface area (Å²) in [5, 5.41) is 7.86. The molecule has 1 N–H and O–H groups in total. The maximum atomic E-state index is 5.62. The van der Waals surface area contributed by atoms with E-state index in [0.717, 1.165) is 22.7 Å². The minimum atomic E-state index is 0.270. The Labute approximate surface area is 92.6 Å². The lowest BCUT2D eigenvalue weighted by molar-refractivity contribution is 0.288. The number of aryl methyl sites for hydroxylation is 1. The average Bonchev–Trinajstić information content (AvgIpc) is 2.61. The monoisotopic (exact) mass is 219 g/mol. The van der Waals surface area contributed by atoms with Crippen LogP contribution in [0.25, 0.3) is 11.0 Å². The van der Waals surface area contributed by atoms with Crippen LogP contribution in [0.15, 0.2) is 0 Å². The van der Waals surface area contributed by atoms with E-state index in [1.54, 1.807) is 0 Å². The summed E-state index contributed by atoms with van der Waals surface area (Å²) in [7, 11) is 2.01. The van der Waals surface area contributed by atoms with Gasteiger partial charge in [0.15, 0.2) is 5.65 Å². The lowest BCUT2D eigenvalue weighted by Gasteiger charge is -2.23. The molecule has 16 heavy (non-hydrogen) atoms. The number of likely N-dealkylation sites (N-methyl/N-ethyl adjacent to an activating group) is 1. The number of anilines is 1. The van der Waals surface area contributed by atoms with Crippen LogP contribution < -0.4 is 9.64 Å². The second-order valence-electron chi connectivity index (χ2n) is 4.12. The molecule has 0 aliphatic carbocycles. The fourth-order valence-corrected chi connectivity index (χ4v) is 1.87. The van der Waals surface area contributed by atoms with Crippen molar-refractivity contribution in [2.45, 2.75) is 19.9 Å². The molecular weight excluding hydrogens is 206 g/mol. The van der Waals surface area contributed by atoms with Crippen molar-refractivity contribution in [1.82, 2.24) is 20.2 Å². The number of nitrogens with one attached hydrogen (secondary N) is 1. The number of hydrogen-bond acceptors (Lipinski definition) is 5. The van der Waals surface area contributed by atoms with Crippen LogP contribution in [-0.4, -0.2) is 39.9 Å². The van der Waals surface area contributed by atoms with Gasteiger partial charge in [-0.2, -0.15) is 0 Å². The van der Waals surface area contributed by atoms with Crippen molar-refractivity contribution in [3.8, 4) is 5.88 Å². The van der Waals surface area contributed by atoms with Crippen molar-refractivity contribution in [2.24, 2.45) is 0 Å². The van der Waals surface area contributed by atoms with Gasteiger partial charge in [0, 0.05) is 7.05 Å². The Morgan fingerprint density at radius 1 is 1.44 bits per heavy atom. The molecule has 6 heteroatoms. The Bertz CT molecular complexity index is 549. The zero-order valence-electron chi connectivity index (χ0n) is 9.48. The Balaban J connectivity index is 2.35. The molecule has 0 amide bonds. The zero-order valence-corrected chi connectivity index (χ0v) is 9.48. The minimum Gasteiger partial charge on any atom is -0.474 e. The number of rotatable bonds is 0. The predicted molar refractivity (Wildman–Crippen MR) is 59.8 cm³/mol. The van der Waals surface area contributed by atoms with Crippen LogP contribution in [0.5, 0.6) is 5.88 Å². The molecule has 1 unspecified atom stereocenters. The van der Waals surface area contributed by atoms with Crippen molar-refractivity contribution in [3.63, 3.8) is 0 Å². The Hall–Kier alpha value is -1.85. The Morgan fingerprint density at radius 2 is 2.25 bits per heavy atom. The molecular formula is C10H13N5O. The van der Waals surface area contributed by atoms with Gasteiger partial charge in [0.05, 0.1) is 6.04 Å². The summed E-state index contributed by atoms with van der Waals surface area (Å²) in [6.45, 7) is 4.57. The van der Waals surface area contributed by atoms with Crippen LogP contribution in [0.4, 0.5) is 5.82 Å². The fraction of sp³-hybridized carbons (Fsp3) is 0.500. The molecule has 2 aromatic rings. The van der Waals surface area contributed by atoms with Crippen LogP contribution in [0.3, 0.4) is 0 Å². The van der Waals surface area contributed by atoms with E-state index < -0.39 is 0 Å². The fourth-order valence-electron chi connectivity index (χ4n) is 1.87. The number of aromatic amines is 1. The smallest absolute Gasteiger partial charge is 0.246 e. The number of hydrogen-bond donors (Lipinski definition) is 1. The minimum absolute atomic E-state index is 0.270. The van der Waals surface area contributed by atoms with Crippen molar-refractivity contribution < 1.29 is 4.74 Å². The molecule has 1 aliphatic heterocycles. The first-order valence-corrected chi connectivity index (χ1v) is 5.25. The van der Waals surface area contributed by atoms with Gasteiger partial charge in [-0.1, -0.05) is 0 Å². The predicted octanol–water partition coefficient (Wildman–Crippen LogP) is 0.878. The van der Waals surface area contributed by atoms with Gasteiger partial charge in [-0.25, -0.2) is 9.97 Å². The van der Waals surface area contributed by atoms with Gasteiger partial charge < -0.3 is 9.64 Å². The van der Waals surface area contributed by atoms with Crippen LogP contribution in [-0.2, 0) is 0 Å². The third-order valence-corrected chi connectivity index (χ3v) is 2.94. The van der Waals surface area contributed by atoms with E-state index in [1.165, 1.54) is 0 Å². The Kier molecular flexibility index (Phi) is 1.80. The highest BCUT2D eigenvalue weighted by molar-refractivity contribution is 5.92. The molecule has 3 rings (SSSR count). The molecule has 0 bridgehead atoms. The molecule has 0 aromatic carbocycles. The highest BCUT2D eigenvalue weighted by Gasteiger charge is 2.25. The SMILES string of the molecule is Cc1nc2c3c(n[nH]c3n1)OCC(C)N2C. The van der Waals surface area contributed by atoms with Crippen molar-refractivity contribution in [1.29, 1.82) is 0 Å². The number of ether oxygens (including phenoxy) is 1. The first-order chi connectivity index (χ1) is 7.66. The second kappa shape index (κ2) is 3.07. The highest BCUT2D eigenvalue weighted by atomic mass is 16.5. The maximum absolute atomic E-state index is 5.62. The standard InChI is InChI=1S/C10H13N5O/c1-5-4-16-10-7-8(13-14-10)11-6(2)12-9(7)15(5)3/h5H,4H2,1-3H3,(H,11,12,13,14). The third kappa shape index (κ3) is 1.16.